The normalized spacial score (nSPS) is 14.8. The maximum atomic E-state index is 13.1. The monoisotopic (exact) mass is 528 g/mol. The number of halogens is 1. The SMILES string of the molecule is CC1=C(C#N)C(=O)N(CC(C)C)C(=O)/C1=C/c1ccc(-c2cccc(C(=O)OCc3ccccc3Cl)c2)o1. The highest BCUT2D eigenvalue weighted by molar-refractivity contribution is 6.31. The van der Waals surface area contributed by atoms with Gasteiger partial charge in [0.25, 0.3) is 11.8 Å². The van der Waals surface area contributed by atoms with Crippen molar-refractivity contribution in [2.45, 2.75) is 27.4 Å². The molecule has 2 aromatic carbocycles. The molecule has 8 heteroatoms. The molecule has 2 amide bonds. The average molecular weight is 529 g/mol. The van der Waals surface area contributed by atoms with Gasteiger partial charge in [0.1, 0.15) is 29.8 Å². The van der Waals surface area contributed by atoms with Gasteiger partial charge in [0, 0.05) is 28.3 Å². The molecule has 192 valence electrons. The lowest BCUT2D eigenvalue weighted by Crippen LogP contribution is -2.44. The van der Waals surface area contributed by atoms with Gasteiger partial charge in [-0.2, -0.15) is 5.26 Å². The second-order valence-corrected chi connectivity index (χ2v) is 9.64. The molecule has 38 heavy (non-hydrogen) atoms. The number of rotatable bonds is 7. The number of ether oxygens (including phenoxy) is 1. The molecule has 0 fully saturated rings. The van der Waals surface area contributed by atoms with E-state index in [1.165, 1.54) is 6.08 Å². The lowest BCUT2D eigenvalue weighted by atomic mass is 9.94. The minimum atomic E-state index is -0.584. The van der Waals surface area contributed by atoms with E-state index in [0.29, 0.717) is 38.8 Å². The van der Waals surface area contributed by atoms with Crippen LogP contribution >= 0.6 is 11.6 Å². The summed E-state index contributed by atoms with van der Waals surface area (Å²) in [6, 6.07) is 19.3. The van der Waals surface area contributed by atoms with Crippen LogP contribution in [-0.2, 0) is 20.9 Å². The summed E-state index contributed by atoms with van der Waals surface area (Å²) in [5, 5.41) is 10.1. The number of nitriles is 1. The Morgan fingerprint density at radius 1 is 1.11 bits per heavy atom. The zero-order valence-corrected chi connectivity index (χ0v) is 21.9. The zero-order valence-electron chi connectivity index (χ0n) is 21.2. The van der Waals surface area contributed by atoms with Crippen LogP contribution in [0.2, 0.25) is 5.02 Å². The smallest absolute Gasteiger partial charge is 0.338 e. The third-order valence-electron chi connectivity index (χ3n) is 5.99. The van der Waals surface area contributed by atoms with Crippen LogP contribution in [0.1, 0.15) is 42.5 Å². The fraction of sp³-hybridized carbons (Fsp3) is 0.200. The molecule has 0 N–H and O–H groups in total. The predicted molar refractivity (Wildman–Crippen MR) is 143 cm³/mol. The zero-order chi connectivity index (χ0) is 27.4. The van der Waals surface area contributed by atoms with Crippen molar-refractivity contribution in [3.63, 3.8) is 0 Å². The van der Waals surface area contributed by atoms with Crippen molar-refractivity contribution in [1.29, 1.82) is 5.26 Å². The number of carbonyl (C=O) groups is 3. The van der Waals surface area contributed by atoms with Crippen LogP contribution in [0.3, 0.4) is 0 Å². The Hall–Kier alpha value is -4.41. The molecule has 1 aliphatic rings. The van der Waals surface area contributed by atoms with Gasteiger partial charge in [0.05, 0.1) is 5.56 Å². The van der Waals surface area contributed by atoms with Gasteiger partial charge < -0.3 is 9.15 Å². The highest BCUT2D eigenvalue weighted by atomic mass is 35.5. The topological polar surface area (TPSA) is 101 Å². The first-order valence-corrected chi connectivity index (χ1v) is 12.4. The van der Waals surface area contributed by atoms with Gasteiger partial charge in [-0.25, -0.2) is 4.79 Å². The summed E-state index contributed by atoms with van der Waals surface area (Å²) in [6.07, 6.45) is 1.53. The lowest BCUT2D eigenvalue weighted by molar-refractivity contribution is -0.141. The van der Waals surface area contributed by atoms with Crippen molar-refractivity contribution in [2.24, 2.45) is 5.92 Å². The van der Waals surface area contributed by atoms with Gasteiger partial charge in [-0.3, -0.25) is 14.5 Å². The fourth-order valence-electron chi connectivity index (χ4n) is 4.03. The molecule has 0 aliphatic carbocycles. The number of benzene rings is 2. The van der Waals surface area contributed by atoms with Crippen molar-refractivity contribution < 1.29 is 23.5 Å². The fourth-order valence-corrected chi connectivity index (χ4v) is 4.22. The maximum Gasteiger partial charge on any atom is 0.338 e. The Morgan fingerprint density at radius 3 is 2.58 bits per heavy atom. The quantitative estimate of drug-likeness (QED) is 0.205. The first kappa shape index (κ1) is 26.6. The van der Waals surface area contributed by atoms with Crippen LogP contribution in [0.5, 0.6) is 0 Å². The van der Waals surface area contributed by atoms with E-state index in [4.69, 9.17) is 20.8 Å². The molecule has 1 aromatic heterocycles. The van der Waals surface area contributed by atoms with Gasteiger partial charge >= 0.3 is 5.97 Å². The molecule has 1 aliphatic heterocycles. The van der Waals surface area contributed by atoms with E-state index in [1.54, 1.807) is 61.5 Å². The number of esters is 1. The van der Waals surface area contributed by atoms with Gasteiger partial charge in [0.15, 0.2) is 0 Å². The number of furan rings is 1. The van der Waals surface area contributed by atoms with Gasteiger partial charge in [0.2, 0.25) is 0 Å². The lowest BCUT2D eigenvalue weighted by Gasteiger charge is -2.28. The Bertz CT molecular complexity index is 1520. The molecule has 7 nitrogen and oxygen atoms in total. The van der Waals surface area contributed by atoms with Gasteiger partial charge in [-0.05, 0) is 54.8 Å². The van der Waals surface area contributed by atoms with Crippen molar-refractivity contribution >= 4 is 35.5 Å². The average Bonchev–Trinajstić information content (AvgIpc) is 3.37. The largest absolute Gasteiger partial charge is 0.457 e. The van der Waals surface area contributed by atoms with E-state index in [9.17, 15) is 19.6 Å². The van der Waals surface area contributed by atoms with Crippen molar-refractivity contribution in [3.8, 4) is 17.4 Å². The Labute approximate surface area is 225 Å². The minimum Gasteiger partial charge on any atom is -0.457 e. The highest BCUT2D eigenvalue weighted by Crippen LogP contribution is 2.30. The Morgan fingerprint density at radius 2 is 1.87 bits per heavy atom. The molecule has 0 radical (unpaired) electrons. The van der Waals surface area contributed by atoms with Crippen molar-refractivity contribution in [2.75, 3.05) is 6.54 Å². The van der Waals surface area contributed by atoms with Crippen molar-refractivity contribution in [1.82, 2.24) is 4.90 Å². The molecule has 0 spiro atoms. The highest BCUT2D eigenvalue weighted by Gasteiger charge is 2.35. The van der Waals surface area contributed by atoms with E-state index in [1.807, 2.05) is 26.0 Å². The standard InChI is InChI=1S/C30H25ClN2O5/c1-18(2)16-33-28(34)24(19(3)25(15-32)29(33)35)14-23-11-12-27(38-23)20-8-6-9-21(13-20)30(36)37-17-22-7-4-5-10-26(22)31/h4-14,18H,16-17H2,1-3H3/b24-14+. The molecule has 0 saturated heterocycles. The third kappa shape index (κ3) is 5.61. The van der Waals surface area contributed by atoms with E-state index >= 15 is 0 Å². The number of hydrogen-bond acceptors (Lipinski definition) is 6. The summed E-state index contributed by atoms with van der Waals surface area (Å²) >= 11 is 6.14. The van der Waals surface area contributed by atoms with Crippen molar-refractivity contribution in [3.05, 3.63) is 99.3 Å². The first-order chi connectivity index (χ1) is 18.2. The van der Waals surface area contributed by atoms with Crippen LogP contribution in [0.15, 0.2) is 81.8 Å². The summed E-state index contributed by atoms with van der Waals surface area (Å²) in [5.74, 6) is -0.682. The molecular formula is C30H25ClN2O5. The van der Waals surface area contributed by atoms with Crippen LogP contribution in [0.4, 0.5) is 0 Å². The summed E-state index contributed by atoms with van der Waals surface area (Å²) in [6.45, 7) is 5.61. The Balaban J connectivity index is 1.57. The number of hydrogen-bond donors (Lipinski definition) is 0. The third-order valence-corrected chi connectivity index (χ3v) is 6.35. The molecule has 0 saturated carbocycles. The number of imide groups is 1. The molecule has 0 bridgehead atoms. The van der Waals surface area contributed by atoms with Crippen LogP contribution in [-0.4, -0.2) is 29.2 Å². The van der Waals surface area contributed by atoms with E-state index in [-0.39, 0.29) is 30.2 Å². The number of nitrogens with zero attached hydrogens (tertiary/aromatic N) is 2. The Kier molecular flexibility index (Phi) is 7.94. The second kappa shape index (κ2) is 11.3. The van der Waals surface area contributed by atoms with Crippen LogP contribution < -0.4 is 0 Å². The van der Waals surface area contributed by atoms with Crippen LogP contribution in [0.25, 0.3) is 17.4 Å². The summed E-state index contributed by atoms with van der Waals surface area (Å²) in [4.78, 5) is 39.5. The van der Waals surface area contributed by atoms with Crippen LogP contribution in [0, 0.1) is 17.2 Å². The van der Waals surface area contributed by atoms with Gasteiger partial charge in [-0.1, -0.05) is 55.8 Å². The molecule has 2 heterocycles. The molecule has 3 aromatic rings. The van der Waals surface area contributed by atoms with Gasteiger partial charge in [-0.15, -0.1) is 0 Å². The summed E-state index contributed by atoms with van der Waals surface area (Å²) in [5.41, 5.74) is 2.15. The second-order valence-electron chi connectivity index (χ2n) is 9.23. The minimum absolute atomic E-state index is 0.0429. The maximum absolute atomic E-state index is 13.1. The predicted octanol–water partition coefficient (Wildman–Crippen LogP) is 6.21. The molecule has 0 atom stereocenters. The first-order valence-electron chi connectivity index (χ1n) is 12.0. The number of carbonyl (C=O) groups excluding carboxylic acids is 3. The van der Waals surface area contributed by atoms with E-state index < -0.39 is 17.8 Å². The summed E-state index contributed by atoms with van der Waals surface area (Å²) in [7, 11) is 0. The molecule has 0 unspecified atom stereocenters. The molecule has 4 rings (SSSR count). The van der Waals surface area contributed by atoms with E-state index in [2.05, 4.69) is 0 Å². The number of amides is 2. The molecular weight excluding hydrogens is 504 g/mol. The summed E-state index contributed by atoms with van der Waals surface area (Å²) < 4.78 is 11.4. The van der Waals surface area contributed by atoms with E-state index in [0.717, 1.165) is 4.90 Å².